The number of rotatable bonds is 2. The summed E-state index contributed by atoms with van der Waals surface area (Å²) in [6, 6.07) is 4.85. The molecule has 0 radical (unpaired) electrons. The lowest BCUT2D eigenvalue weighted by Gasteiger charge is -2.16. The van der Waals surface area contributed by atoms with Crippen molar-refractivity contribution in [1.82, 2.24) is 0 Å². The Hall–Kier alpha value is -1.94. The fourth-order valence-corrected chi connectivity index (χ4v) is 3.11. The normalized spacial score (nSPS) is 21.3. The van der Waals surface area contributed by atoms with E-state index in [1.54, 1.807) is 19.1 Å². The first-order valence-corrected chi connectivity index (χ1v) is 7.26. The molecule has 1 atom stereocenters. The van der Waals surface area contributed by atoms with E-state index in [1.807, 2.05) is 6.08 Å². The molecule has 1 aromatic rings. The molecule has 2 aliphatic rings. The number of allylic oxidation sites excluding steroid dienone is 1. The molecule has 0 saturated carbocycles. The van der Waals surface area contributed by atoms with Gasteiger partial charge in [-0.1, -0.05) is 6.08 Å². The third-order valence-electron chi connectivity index (χ3n) is 3.95. The standard InChI is InChI=1S/C16H14ClNO3/c1-9-6-10(14(17)19)8-11(7-9)18-15(20)12-4-2-3-5-13(12)16(18)21/h4,6-8,13H,2-3,5H2,1H3. The highest BCUT2D eigenvalue weighted by atomic mass is 35.5. The number of hydrogen-bond acceptors (Lipinski definition) is 3. The number of carbonyl (C=O) groups is 3. The Kier molecular flexibility index (Phi) is 3.41. The van der Waals surface area contributed by atoms with Gasteiger partial charge in [0.2, 0.25) is 5.91 Å². The maximum absolute atomic E-state index is 12.5. The number of amides is 2. The molecule has 2 amide bonds. The quantitative estimate of drug-likeness (QED) is 0.623. The number of benzene rings is 1. The molecule has 0 spiro atoms. The smallest absolute Gasteiger partial charge is 0.261 e. The van der Waals surface area contributed by atoms with E-state index < -0.39 is 5.24 Å². The number of aryl methyl sites for hydroxylation is 1. The van der Waals surface area contributed by atoms with Crippen LogP contribution in [0.5, 0.6) is 0 Å². The molecular weight excluding hydrogens is 290 g/mol. The molecule has 1 fully saturated rings. The fourth-order valence-electron chi connectivity index (χ4n) is 3.01. The summed E-state index contributed by atoms with van der Waals surface area (Å²) in [6.45, 7) is 1.80. The van der Waals surface area contributed by atoms with E-state index in [0.29, 0.717) is 17.7 Å². The lowest BCUT2D eigenvalue weighted by molar-refractivity contribution is -0.122. The van der Waals surface area contributed by atoms with Crippen LogP contribution in [0.2, 0.25) is 0 Å². The van der Waals surface area contributed by atoms with Gasteiger partial charge in [0.1, 0.15) is 0 Å². The number of anilines is 1. The summed E-state index contributed by atoms with van der Waals surface area (Å²) < 4.78 is 0. The molecule has 5 heteroatoms. The van der Waals surface area contributed by atoms with E-state index in [-0.39, 0.29) is 23.3 Å². The molecule has 0 aromatic heterocycles. The molecule has 1 unspecified atom stereocenters. The second-order valence-electron chi connectivity index (χ2n) is 5.45. The van der Waals surface area contributed by atoms with Gasteiger partial charge in [0.15, 0.2) is 0 Å². The van der Waals surface area contributed by atoms with Crippen molar-refractivity contribution in [2.75, 3.05) is 4.90 Å². The van der Waals surface area contributed by atoms with Crippen molar-refractivity contribution in [2.45, 2.75) is 26.2 Å². The van der Waals surface area contributed by atoms with Gasteiger partial charge in [-0.3, -0.25) is 14.4 Å². The Morgan fingerprint density at radius 3 is 2.71 bits per heavy atom. The van der Waals surface area contributed by atoms with E-state index in [2.05, 4.69) is 0 Å². The molecule has 1 aliphatic carbocycles. The van der Waals surface area contributed by atoms with Gasteiger partial charge in [0.05, 0.1) is 11.6 Å². The summed E-state index contributed by atoms with van der Waals surface area (Å²) in [6.07, 6.45) is 4.32. The zero-order valence-corrected chi connectivity index (χ0v) is 12.3. The van der Waals surface area contributed by atoms with E-state index in [0.717, 1.165) is 18.4 Å². The van der Waals surface area contributed by atoms with E-state index >= 15 is 0 Å². The minimum absolute atomic E-state index is 0.204. The predicted molar refractivity (Wildman–Crippen MR) is 79.3 cm³/mol. The molecule has 1 aliphatic heterocycles. The summed E-state index contributed by atoms with van der Waals surface area (Å²) >= 11 is 5.51. The Bertz CT molecular complexity index is 693. The Balaban J connectivity index is 2.07. The van der Waals surface area contributed by atoms with Crippen LogP contribution < -0.4 is 4.90 Å². The van der Waals surface area contributed by atoms with Crippen molar-refractivity contribution in [3.05, 3.63) is 41.0 Å². The SMILES string of the molecule is Cc1cc(C(=O)Cl)cc(N2C(=O)C3=CCCCC3C2=O)c1. The zero-order valence-electron chi connectivity index (χ0n) is 11.6. The maximum atomic E-state index is 12.5. The summed E-state index contributed by atoms with van der Waals surface area (Å²) in [5, 5.41) is -0.601. The number of nitrogens with zero attached hydrogens (tertiary/aromatic N) is 1. The topological polar surface area (TPSA) is 54.5 Å². The van der Waals surface area contributed by atoms with Gasteiger partial charge in [-0.05, 0) is 61.5 Å². The van der Waals surface area contributed by atoms with Crippen molar-refractivity contribution in [3.8, 4) is 0 Å². The third-order valence-corrected chi connectivity index (χ3v) is 4.17. The van der Waals surface area contributed by atoms with Crippen LogP contribution in [0.25, 0.3) is 0 Å². The molecule has 1 saturated heterocycles. The first-order chi connectivity index (χ1) is 9.99. The second-order valence-corrected chi connectivity index (χ2v) is 5.80. The lowest BCUT2D eigenvalue weighted by Crippen LogP contribution is -2.30. The Morgan fingerprint density at radius 2 is 2.05 bits per heavy atom. The molecule has 3 rings (SSSR count). The lowest BCUT2D eigenvalue weighted by atomic mass is 9.90. The minimum atomic E-state index is -0.601. The zero-order chi connectivity index (χ0) is 15.1. The third kappa shape index (κ3) is 2.29. The van der Waals surface area contributed by atoms with Crippen LogP contribution in [0.1, 0.15) is 35.2 Å². The first-order valence-electron chi connectivity index (χ1n) is 6.89. The summed E-state index contributed by atoms with van der Waals surface area (Å²) in [5.41, 5.74) is 2.08. The van der Waals surface area contributed by atoms with Crippen molar-refractivity contribution < 1.29 is 14.4 Å². The highest BCUT2D eigenvalue weighted by molar-refractivity contribution is 6.67. The van der Waals surface area contributed by atoms with Crippen LogP contribution in [0, 0.1) is 12.8 Å². The van der Waals surface area contributed by atoms with Gasteiger partial charge in [-0.15, -0.1) is 0 Å². The van der Waals surface area contributed by atoms with Gasteiger partial charge < -0.3 is 0 Å². The predicted octanol–water partition coefficient (Wildman–Crippen LogP) is 2.97. The van der Waals surface area contributed by atoms with Crippen LogP contribution >= 0.6 is 11.6 Å². The number of carbonyl (C=O) groups excluding carboxylic acids is 3. The number of hydrogen-bond donors (Lipinski definition) is 0. The molecule has 4 nitrogen and oxygen atoms in total. The molecule has 0 bridgehead atoms. The molecular formula is C16H14ClNO3. The van der Waals surface area contributed by atoms with Crippen LogP contribution in [0.3, 0.4) is 0 Å². The van der Waals surface area contributed by atoms with Gasteiger partial charge in [-0.25, -0.2) is 4.90 Å². The van der Waals surface area contributed by atoms with Crippen molar-refractivity contribution in [3.63, 3.8) is 0 Å². The number of fused-ring (bicyclic) bond motifs is 1. The molecule has 1 aromatic carbocycles. The first kappa shape index (κ1) is 14.0. The van der Waals surface area contributed by atoms with E-state index in [1.165, 1.54) is 11.0 Å². The van der Waals surface area contributed by atoms with Crippen LogP contribution in [0.4, 0.5) is 5.69 Å². The minimum Gasteiger partial charge on any atom is -0.276 e. The van der Waals surface area contributed by atoms with Crippen molar-refractivity contribution in [1.29, 1.82) is 0 Å². The summed E-state index contributed by atoms with van der Waals surface area (Å²) in [5.74, 6) is -0.810. The number of halogens is 1. The van der Waals surface area contributed by atoms with Gasteiger partial charge in [0.25, 0.3) is 11.1 Å². The highest BCUT2D eigenvalue weighted by Gasteiger charge is 2.44. The van der Waals surface area contributed by atoms with Gasteiger partial charge >= 0.3 is 0 Å². The average Bonchev–Trinajstić information content (AvgIpc) is 2.71. The summed E-state index contributed by atoms with van der Waals surface area (Å²) in [7, 11) is 0. The molecule has 108 valence electrons. The van der Waals surface area contributed by atoms with Crippen molar-refractivity contribution in [2.24, 2.45) is 5.92 Å². The number of imide groups is 1. The largest absolute Gasteiger partial charge is 0.276 e. The van der Waals surface area contributed by atoms with E-state index in [9.17, 15) is 14.4 Å². The molecule has 0 N–H and O–H groups in total. The van der Waals surface area contributed by atoms with Crippen LogP contribution in [-0.4, -0.2) is 17.1 Å². The summed E-state index contributed by atoms with van der Waals surface area (Å²) in [4.78, 5) is 37.5. The van der Waals surface area contributed by atoms with Gasteiger partial charge in [-0.2, -0.15) is 0 Å². The Morgan fingerprint density at radius 1 is 1.29 bits per heavy atom. The average molecular weight is 304 g/mol. The highest BCUT2D eigenvalue weighted by Crippen LogP contribution is 2.37. The maximum Gasteiger partial charge on any atom is 0.261 e. The van der Waals surface area contributed by atoms with Crippen LogP contribution in [0.15, 0.2) is 29.8 Å². The van der Waals surface area contributed by atoms with Crippen molar-refractivity contribution >= 4 is 34.3 Å². The van der Waals surface area contributed by atoms with E-state index in [4.69, 9.17) is 11.6 Å². The molecule has 21 heavy (non-hydrogen) atoms. The fraction of sp³-hybridized carbons (Fsp3) is 0.312. The second kappa shape index (κ2) is 5.11. The molecule has 1 heterocycles. The monoisotopic (exact) mass is 303 g/mol. The van der Waals surface area contributed by atoms with Gasteiger partial charge in [0, 0.05) is 11.1 Å². The Labute approximate surface area is 127 Å². The van der Waals surface area contributed by atoms with Crippen LogP contribution in [-0.2, 0) is 9.59 Å².